The summed E-state index contributed by atoms with van der Waals surface area (Å²) in [6, 6.07) is 13.6. The van der Waals surface area contributed by atoms with Gasteiger partial charge in [0.1, 0.15) is 0 Å². The topological polar surface area (TPSA) is 58.2 Å². The second-order valence-electron chi connectivity index (χ2n) is 5.76. The standard InChI is InChI=1S/C19H22N2O2/c1-13-6-4-9-16(10-13)11-17(22)20-12-18(23)21-19-14(2)7-5-8-15(19)3/h4-10H,11-12H2,1-3H3,(H,20,22)(H,21,23). The third kappa shape index (κ3) is 4.95. The summed E-state index contributed by atoms with van der Waals surface area (Å²) in [6.45, 7) is 5.84. The van der Waals surface area contributed by atoms with Gasteiger partial charge in [0.05, 0.1) is 13.0 Å². The minimum atomic E-state index is -0.222. The largest absolute Gasteiger partial charge is 0.347 e. The molecule has 4 nitrogen and oxygen atoms in total. The van der Waals surface area contributed by atoms with Crippen molar-refractivity contribution in [1.29, 1.82) is 0 Å². The molecule has 0 spiro atoms. The third-order valence-electron chi connectivity index (χ3n) is 3.64. The van der Waals surface area contributed by atoms with Crippen LogP contribution in [0.3, 0.4) is 0 Å². The molecule has 0 atom stereocenters. The van der Waals surface area contributed by atoms with E-state index in [1.54, 1.807) is 0 Å². The Morgan fingerprint density at radius 1 is 0.913 bits per heavy atom. The molecule has 0 aliphatic rings. The minimum absolute atomic E-state index is 0.0293. The third-order valence-corrected chi connectivity index (χ3v) is 3.64. The van der Waals surface area contributed by atoms with E-state index in [0.717, 1.165) is 27.9 Å². The van der Waals surface area contributed by atoms with Gasteiger partial charge in [0.15, 0.2) is 0 Å². The highest BCUT2D eigenvalue weighted by Gasteiger charge is 2.09. The summed E-state index contributed by atoms with van der Waals surface area (Å²) < 4.78 is 0. The van der Waals surface area contributed by atoms with Gasteiger partial charge in [-0.25, -0.2) is 0 Å². The highest BCUT2D eigenvalue weighted by molar-refractivity contribution is 5.95. The van der Waals surface area contributed by atoms with Gasteiger partial charge >= 0.3 is 0 Å². The zero-order chi connectivity index (χ0) is 16.8. The van der Waals surface area contributed by atoms with Crippen LogP contribution in [0.2, 0.25) is 0 Å². The number of amides is 2. The molecule has 0 aliphatic heterocycles. The number of benzene rings is 2. The van der Waals surface area contributed by atoms with E-state index in [1.807, 2.05) is 63.2 Å². The SMILES string of the molecule is Cc1cccc(CC(=O)NCC(=O)Nc2c(C)cccc2C)c1. The minimum Gasteiger partial charge on any atom is -0.347 e. The molecule has 0 bridgehead atoms. The molecule has 0 aromatic heterocycles. The number of hydrogen-bond donors (Lipinski definition) is 2. The molecule has 2 rings (SSSR count). The van der Waals surface area contributed by atoms with Crippen molar-refractivity contribution in [2.45, 2.75) is 27.2 Å². The van der Waals surface area contributed by atoms with Crippen LogP contribution in [-0.4, -0.2) is 18.4 Å². The summed E-state index contributed by atoms with van der Waals surface area (Å²) in [5.41, 5.74) is 4.88. The van der Waals surface area contributed by atoms with Crippen LogP contribution in [0.25, 0.3) is 0 Å². The Morgan fingerprint density at radius 3 is 2.22 bits per heavy atom. The first kappa shape index (κ1) is 16.7. The van der Waals surface area contributed by atoms with Crippen LogP contribution in [0, 0.1) is 20.8 Å². The monoisotopic (exact) mass is 310 g/mol. The summed E-state index contributed by atoms with van der Waals surface area (Å²) in [7, 11) is 0. The summed E-state index contributed by atoms with van der Waals surface area (Å²) in [5.74, 6) is -0.382. The Kier molecular flexibility index (Phi) is 5.52. The van der Waals surface area contributed by atoms with E-state index in [2.05, 4.69) is 10.6 Å². The lowest BCUT2D eigenvalue weighted by Gasteiger charge is -2.12. The molecule has 0 fully saturated rings. The van der Waals surface area contributed by atoms with E-state index in [9.17, 15) is 9.59 Å². The number of aryl methyl sites for hydroxylation is 3. The maximum atomic E-state index is 12.0. The van der Waals surface area contributed by atoms with Gasteiger partial charge in [-0.3, -0.25) is 9.59 Å². The molecule has 2 N–H and O–H groups in total. The molecule has 0 radical (unpaired) electrons. The predicted molar refractivity (Wildman–Crippen MR) is 92.4 cm³/mol. The van der Waals surface area contributed by atoms with E-state index >= 15 is 0 Å². The molecular weight excluding hydrogens is 288 g/mol. The number of rotatable bonds is 5. The molecule has 0 unspecified atom stereocenters. The van der Waals surface area contributed by atoms with Gasteiger partial charge in [0.25, 0.3) is 0 Å². The van der Waals surface area contributed by atoms with Gasteiger partial charge in [0, 0.05) is 5.69 Å². The van der Waals surface area contributed by atoms with Crippen LogP contribution in [0.5, 0.6) is 0 Å². The van der Waals surface area contributed by atoms with Gasteiger partial charge in [-0.1, -0.05) is 48.0 Å². The second-order valence-corrected chi connectivity index (χ2v) is 5.76. The number of nitrogens with one attached hydrogen (secondary N) is 2. The van der Waals surface area contributed by atoms with Crippen LogP contribution in [0.15, 0.2) is 42.5 Å². The Labute approximate surface area is 136 Å². The number of para-hydroxylation sites is 1. The fraction of sp³-hybridized carbons (Fsp3) is 0.263. The van der Waals surface area contributed by atoms with Crippen molar-refractivity contribution in [2.24, 2.45) is 0 Å². The lowest BCUT2D eigenvalue weighted by atomic mass is 10.1. The molecule has 2 amide bonds. The zero-order valence-electron chi connectivity index (χ0n) is 13.8. The van der Waals surface area contributed by atoms with E-state index in [0.29, 0.717) is 0 Å². The Balaban J connectivity index is 1.85. The molecule has 2 aromatic rings. The van der Waals surface area contributed by atoms with Crippen molar-refractivity contribution in [3.05, 3.63) is 64.7 Å². The summed E-state index contributed by atoms with van der Waals surface area (Å²) in [4.78, 5) is 23.9. The van der Waals surface area contributed by atoms with Crippen molar-refractivity contribution in [3.63, 3.8) is 0 Å². The van der Waals surface area contributed by atoms with Crippen LogP contribution in [-0.2, 0) is 16.0 Å². The van der Waals surface area contributed by atoms with Gasteiger partial charge in [-0.2, -0.15) is 0 Å². The number of carbonyl (C=O) groups excluding carboxylic acids is 2. The van der Waals surface area contributed by atoms with Gasteiger partial charge in [-0.05, 0) is 37.5 Å². The first-order valence-electron chi connectivity index (χ1n) is 7.64. The van der Waals surface area contributed by atoms with E-state index in [-0.39, 0.29) is 24.8 Å². The molecule has 4 heteroatoms. The quantitative estimate of drug-likeness (QED) is 0.892. The van der Waals surface area contributed by atoms with Crippen molar-refractivity contribution < 1.29 is 9.59 Å². The molecule has 0 saturated carbocycles. The summed E-state index contributed by atoms with van der Waals surface area (Å²) in [6.07, 6.45) is 0.276. The van der Waals surface area contributed by atoms with Crippen LogP contribution >= 0.6 is 0 Å². The first-order valence-corrected chi connectivity index (χ1v) is 7.64. The van der Waals surface area contributed by atoms with Crippen LogP contribution in [0.4, 0.5) is 5.69 Å². The van der Waals surface area contributed by atoms with Crippen molar-refractivity contribution in [3.8, 4) is 0 Å². The fourth-order valence-electron chi connectivity index (χ4n) is 2.44. The number of hydrogen-bond acceptors (Lipinski definition) is 2. The maximum Gasteiger partial charge on any atom is 0.243 e. The van der Waals surface area contributed by atoms with E-state index in [4.69, 9.17) is 0 Å². The summed E-state index contributed by atoms with van der Waals surface area (Å²) >= 11 is 0. The summed E-state index contributed by atoms with van der Waals surface area (Å²) in [5, 5.41) is 5.51. The highest BCUT2D eigenvalue weighted by atomic mass is 16.2. The average Bonchev–Trinajstić information content (AvgIpc) is 2.49. The van der Waals surface area contributed by atoms with Crippen LogP contribution < -0.4 is 10.6 Å². The Morgan fingerprint density at radius 2 is 1.57 bits per heavy atom. The Hall–Kier alpha value is -2.62. The predicted octanol–water partition coefficient (Wildman–Crippen LogP) is 2.91. The van der Waals surface area contributed by atoms with Gasteiger partial charge < -0.3 is 10.6 Å². The first-order chi connectivity index (χ1) is 11.0. The lowest BCUT2D eigenvalue weighted by molar-refractivity contribution is -0.123. The van der Waals surface area contributed by atoms with Crippen molar-refractivity contribution in [1.82, 2.24) is 5.32 Å². The molecule has 0 heterocycles. The van der Waals surface area contributed by atoms with Crippen molar-refractivity contribution >= 4 is 17.5 Å². The molecule has 0 aliphatic carbocycles. The highest BCUT2D eigenvalue weighted by Crippen LogP contribution is 2.18. The van der Waals surface area contributed by atoms with E-state index < -0.39 is 0 Å². The molecule has 0 saturated heterocycles. The second kappa shape index (κ2) is 7.58. The van der Waals surface area contributed by atoms with Gasteiger partial charge in [-0.15, -0.1) is 0 Å². The average molecular weight is 310 g/mol. The fourth-order valence-corrected chi connectivity index (χ4v) is 2.44. The molecule has 2 aromatic carbocycles. The zero-order valence-corrected chi connectivity index (χ0v) is 13.8. The molecular formula is C19H22N2O2. The Bertz CT molecular complexity index is 703. The van der Waals surface area contributed by atoms with E-state index in [1.165, 1.54) is 0 Å². The lowest BCUT2D eigenvalue weighted by Crippen LogP contribution is -2.34. The number of carbonyl (C=O) groups is 2. The maximum absolute atomic E-state index is 12.0. The number of anilines is 1. The van der Waals surface area contributed by atoms with Gasteiger partial charge in [0.2, 0.25) is 11.8 Å². The molecule has 23 heavy (non-hydrogen) atoms. The normalized spacial score (nSPS) is 10.2. The smallest absolute Gasteiger partial charge is 0.243 e. The molecule has 120 valence electrons. The van der Waals surface area contributed by atoms with Crippen molar-refractivity contribution in [2.75, 3.05) is 11.9 Å². The van der Waals surface area contributed by atoms with Crippen LogP contribution in [0.1, 0.15) is 22.3 Å².